The molecule has 0 fully saturated rings. The molecule has 1 aromatic heterocycles. The summed E-state index contributed by atoms with van der Waals surface area (Å²) in [6.45, 7) is 1.95. The first-order valence-corrected chi connectivity index (χ1v) is 10.6. The standard InChI is InChI=1S/C21H19ClFN5O2S/c1-2-16-18(12-3-7-14(22)8-4-12)19(24)26-21(25-16)31-11-17(29)27-28-20(30)13-5-9-15(23)10-6-13/h3-10H,2,11H2,1H3,(H,27,29)(H,28,30)(H2,24,25,26). The van der Waals surface area contributed by atoms with Gasteiger partial charge in [-0.25, -0.2) is 14.4 Å². The fourth-order valence-electron chi connectivity index (χ4n) is 2.72. The number of hydrazine groups is 1. The van der Waals surface area contributed by atoms with Gasteiger partial charge in [-0.1, -0.05) is 42.4 Å². The highest BCUT2D eigenvalue weighted by Crippen LogP contribution is 2.30. The van der Waals surface area contributed by atoms with Crippen LogP contribution in [0.1, 0.15) is 23.0 Å². The number of nitrogen functional groups attached to an aromatic ring is 1. The van der Waals surface area contributed by atoms with E-state index in [0.29, 0.717) is 22.4 Å². The maximum Gasteiger partial charge on any atom is 0.269 e. The average molecular weight is 460 g/mol. The van der Waals surface area contributed by atoms with Gasteiger partial charge in [0.05, 0.1) is 11.4 Å². The lowest BCUT2D eigenvalue weighted by molar-refractivity contribution is -0.119. The Morgan fingerprint density at radius 3 is 2.39 bits per heavy atom. The number of carbonyl (C=O) groups excluding carboxylic acids is 2. The quantitative estimate of drug-likeness (QED) is 0.295. The fourth-order valence-corrected chi connectivity index (χ4v) is 3.52. The molecule has 3 aromatic rings. The topological polar surface area (TPSA) is 110 Å². The Labute approximate surface area is 187 Å². The van der Waals surface area contributed by atoms with Crippen LogP contribution in [-0.2, 0) is 11.2 Å². The lowest BCUT2D eigenvalue weighted by Crippen LogP contribution is -2.42. The normalized spacial score (nSPS) is 10.5. The monoisotopic (exact) mass is 459 g/mol. The first kappa shape index (κ1) is 22.5. The van der Waals surface area contributed by atoms with Crippen molar-refractivity contribution in [3.05, 3.63) is 70.6 Å². The van der Waals surface area contributed by atoms with Gasteiger partial charge in [-0.15, -0.1) is 0 Å². The van der Waals surface area contributed by atoms with Crippen LogP contribution in [0.15, 0.2) is 53.7 Å². The number of amides is 2. The van der Waals surface area contributed by atoms with Crippen molar-refractivity contribution in [3.63, 3.8) is 0 Å². The molecule has 0 unspecified atom stereocenters. The molecule has 0 saturated carbocycles. The molecule has 4 N–H and O–H groups in total. The molecule has 0 spiro atoms. The highest BCUT2D eigenvalue weighted by atomic mass is 35.5. The third kappa shape index (κ3) is 5.93. The van der Waals surface area contributed by atoms with Crippen molar-refractivity contribution in [2.75, 3.05) is 11.5 Å². The molecule has 1 heterocycles. The van der Waals surface area contributed by atoms with Crippen molar-refractivity contribution in [3.8, 4) is 11.1 Å². The summed E-state index contributed by atoms with van der Waals surface area (Å²) in [5.74, 6) is -1.19. The third-order valence-electron chi connectivity index (χ3n) is 4.21. The predicted molar refractivity (Wildman–Crippen MR) is 119 cm³/mol. The zero-order valence-corrected chi connectivity index (χ0v) is 18.1. The van der Waals surface area contributed by atoms with Crippen LogP contribution in [-0.4, -0.2) is 27.5 Å². The summed E-state index contributed by atoms with van der Waals surface area (Å²) >= 11 is 7.04. The molecule has 7 nitrogen and oxygen atoms in total. The van der Waals surface area contributed by atoms with E-state index in [1.165, 1.54) is 12.1 Å². The highest BCUT2D eigenvalue weighted by molar-refractivity contribution is 7.99. The van der Waals surface area contributed by atoms with Crippen LogP contribution in [0.4, 0.5) is 10.2 Å². The first-order valence-electron chi connectivity index (χ1n) is 9.27. The van der Waals surface area contributed by atoms with Gasteiger partial charge >= 0.3 is 0 Å². The van der Waals surface area contributed by atoms with Gasteiger partial charge in [-0.05, 0) is 48.4 Å². The molecule has 0 radical (unpaired) electrons. The number of aryl methyl sites for hydroxylation is 1. The minimum atomic E-state index is -0.556. The minimum Gasteiger partial charge on any atom is -0.383 e. The Kier molecular flexibility index (Phi) is 7.43. The zero-order valence-electron chi connectivity index (χ0n) is 16.5. The molecular formula is C21H19ClFN5O2S. The van der Waals surface area contributed by atoms with Crippen molar-refractivity contribution in [2.45, 2.75) is 18.5 Å². The Morgan fingerprint density at radius 2 is 1.74 bits per heavy atom. The van der Waals surface area contributed by atoms with E-state index in [1.807, 2.05) is 19.1 Å². The molecule has 160 valence electrons. The number of halogens is 2. The van der Waals surface area contributed by atoms with E-state index in [2.05, 4.69) is 20.8 Å². The van der Waals surface area contributed by atoms with Crippen LogP contribution in [0.25, 0.3) is 11.1 Å². The van der Waals surface area contributed by atoms with Crippen LogP contribution >= 0.6 is 23.4 Å². The molecule has 0 aliphatic heterocycles. The number of nitrogens with zero attached hydrogens (tertiary/aromatic N) is 2. The number of hydrogen-bond donors (Lipinski definition) is 3. The Bertz CT molecular complexity index is 1090. The smallest absolute Gasteiger partial charge is 0.269 e. The largest absolute Gasteiger partial charge is 0.383 e. The summed E-state index contributed by atoms with van der Waals surface area (Å²) in [5.41, 5.74) is 13.3. The number of thioether (sulfide) groups is 1. The predicted octanol–water partition coefficient (Wildman–Crippen LogP) is 3.63. The first-order chi connectivity index (χ1) is 14.9. The molecule has 31 heavy (non-hydrogen) atoms. The second-order valence-electron chi connectivity index (χ2n) is 6.37. The SMILES string of the molecule is CCc1nc(SCC(=O)NNC(=O)c2ccc(F)cc2)nc(N)c1-c1ccc(Cl)cc1. The summed E-state index contributed by atoms with van der Waals surface area (Å²) in [7, 11) is 0. The zero-order chi connectivity index (χ0) is 22.4. The van der Waals surface area contributed by atoms with Crippen LogP contribution in [0.3, 0.4) is 0 Å². The maximum atomic E-state index is 12.9. The average Bonchev–Trinajstić information content (AvgIpc) is 2.77. The molecule has 10 heteroatoms. The van der Waals surface area contributed by atoms with Gasteiger partial charge in [0, 0.05) is 16.1 Å². The van der Waals surface area contributed by atoms with Crippen LogP contribution < -0.4 is 16.6 Å². The Hall–Kier alpha value is -3.17. The molecule has 3 rings (SSSR count). The molecule has 2 amide bonds. The Balaban J connectivity index is 1.61. The summed E-state index contributed by atoms with van der Waals surface area (Å²) in [6, 6.07) is 12.2. The highest BCUT2D eigenvalue weighted by Gasteiger charge is 2.15. The van der Waals surface area contributed by atoms with Gasteiger partial charge in [0.1, 0.15) is 11.6 Å². The second-order valence-corrected chi connectivity index (χ2v) is 7.75. The number of aromatic nitrogens is 2. The van der Waals surface area contributed by atoms with Crippen LogP contribution in [0, 0.1) is 5.82 Å². The summed E-state index contributed by atoms with van der Waals surface area (Å²) < 4.78 is 12.9. The fraction of sp³-hybridized carbons (Fsp3) is 0.143. The van der Waals surface area contributed by atoms with E-state index < -0.39 is 17.6 Å². The van der Waals surface area contributed by atoms with Gasteiger partial charge in [-0.2, -0.15) is 0 Å². The molecule has 0 aliphatic carbocycles. The molecule has 0 saturated heterocycles. The van der Waals surface area contributed by atoms with E-state index in [4.69, 9.17) is 17.3 Å². The van der Waals surface area contributed by atoms with Gasteiger partial charge in [-0.3, -0.25) is 20.4 Å². The van der Waals surface area contributed by atoms with E-state index in [9.17, 15) is 14.0 Å². The molecule has 0 atom stereocenters. The number of nitrogens with two attached hydrogens (primary N) is 1. The number of hydrogen-bond acceptors (Lipinski definition) is 6. The van der Waals surface area contributed by atoms with E-state index in [1.54, 1.807) is 12.1 Å². The summed E-state index contributed by atoms with van der Waals surface area (Å²) in [4.78, 5) is 32.8. The van der Waals surface area contributed by atoms with Gasteiger partial charge in [0.2, 0.25) is 5.91 Å². The molecular weight excluding hydrogens is 441 g/mol. The molecule has 0 bridgehead atoms. The van der Waals surface area contributed by atoms with E-state index in [0.717, 1.165) is 40.7 Å². The molecule has 2 aromatic carbocycles. The lowest BCUT2D eigenvalue weighted by atomic mass is 10.0. The number of benzene rings is 2. The Morgan fingerprint density at radius 1 is 1.06 bits per heavy atom. The van der Waals surface area contributed by atoms with Crippen LogP contribution in [0.5, 0.6) is 0 Å². The third-order valence-corrected chi connectivity index (χ3v) is 5.31. The van der Waals surface area contributed by atoms with Crippen molar-refractivity contribution >= 4 is 41.0 Å². The number of anilines is 1. The van der Waals surface area contributed by atoms with Crippen molar-refractivity contribution < 1.29 is 14.0 Å². The van der Waals surface area contributed by atoms with Crippen LogP contribution in [0.2, 0.25) is 5.02 Å². The van der Waals surface area contributed by atoms with Gasteiger partial charge in [0.25, 0.3) is 5.91 Å². The molecule has 0 aliphatic rings. The van der Waals surface area contributed by atoms with E-state index in [-0.39, 0.29) is 11.3 Å². The number of nitrogens with one attached hydrogen (secondary N) is 2. The van der Waals surface area contributed by atoms with Crippen molar-refractivity contribution in [1.29, 1.82) is 0 Å². The summed E-state index contributed by atoms with van der Waals surface area (Å²) in [5, 5.41) is 0.970. The lowest BCUT2D eigenvalue weighted by Gasteiger charge is -2.12. The van der Waals surface area contributed by atoms with Crippen molar-refractivity contribution in [2.24, 2.45) is 0 Å². The van der Waals surface area contributed by atoms with E-state index >= 15 is 0 Å². The van der Waals surface area contributed by atoms with Crippen molar-refractivity contribution in [1.82, 2.24) is 20.8 Å². The van der Waals surface area contributed by atoms with Gasteiger partial charge < -0.3 is 5.73 Å². The number of rotatable bonds is 6. The number of carbonyl (C=O) groups is 2. The minimum absolute atomic E-state index is 0.0351. The summed E-state index contributed by atoms with van der Waals surface area (Å²) in [6.07, 6.45) is 0.623. The van der Waals surface area contributed by atoms with Gasteiger partial charge in [0.15, 0.2) is 5.16 Å². The maximum absolute atomic E-state index is 12.9. The second kappa shape index (κ2) is 10.2.